The second-order valence-corrected chi connectivity index (χ2v) is 4.65. The van der Waals surface area contributed by atoms with Gasteiger partial charge in [-0.25, -0.2) is 4.98 Å². The number of carbonyl (C=O) groups is 1. The molecule has 2 rings (SSSR count). The number of nitrogens with one attached hydrogen (secondary N) is 1. The van der Waals surface area contributed by atoms with Crippen LogP contribution in [0.5, 0.6) is 0 Å². The molecule has 3 N–H and O–H groups in total. The summed E-state index contributed by atoms with van der Waals surface area (Å²) in [6, 6.07) is 3.45. The molecule has 0 bridgehead atoms. The van der Waals surface area contributed by atoms with Crippen molar-refractivity contribution in [2.75, 3.05) is 11.1 Å². The van der Waals surface area contributed by atoms with E-state index in [9.17, 15) is 4.79 Å². The number of hydrogen-bond donors (Lipinski definition) is 2. The molecule has 0 aliphatic heterocycles. The summed E-state index contributed by atoms with van der Waals surface area (Å²) in [4.78, 5) is 19.9. The number of nitrogens with two attached hydrogens (primary N) is 1. The highest BCUT2D eigenvalue weighted by Crippen LogP contribution is 2.18. The molecule has 2 aromatic rings. The highest BCUT2D eigenvalue weighted by Gasteiger charge is 2.12. The van der Waals surface area contributed by atoms with E-state index in [1.807, 2.05) is 13.0 Å². The summed E-state index contributed by atoms with van der Waals surface area (Å²) in [5, 5.41) is 2.75. The van der Waals surface area contributed by atoms with Gasteiger partial charge >= 0.3 is 0 Å². The molecule has 0 saturated carbocycles. The van der Waals surface area contributed by atoms with Crippen LogP contribution in [0.4, 0.5) is 11.5 Å². The third-order valence-corrected chi connectivity index (χ3v) is 2.85. The molecule has 18 heavy (non-hydrogen) atoms. The number of anilines is 2. The van der Waals surface area contributed by atoms with E-state index in [1.54, 1.807) is 24.7 Å². The van der Waals surface area contributed by atoms with E-state index in [0.717, 1.165) is 5.56 Å². The average Bonchev–Trinajstić information content (AvgIpc) is 2.35. The van der Waals surface area contributed by atoms with Gasteiger partial charge in [-0.2, -0.15) is 0 Å². The maximum absolute atomic E-state index is 12.1. The number of pyridine rings is 2. The van der Waals surface area contributed by atoms with Crippen LogP contribution in [-0.2, 0) is 0 Å². The quantitative estimate of drug-likeness (QED) is 0.892. The summed E-state index contributed by atoms with van der Waals surface area (Å²) in [5.41, 5.74) is 7.59. The van der Waals surface area contributed by atoms with Crippen LogP contribution in [-0.4, -0.2) is 15.9 Å². The molecule has 1 amide bonds. The maximum Gasteiger partial charge on any atom is 0.259 e. The fraction of sp³-hybridized carbons (Fsp3) is 0.0833. The molecule has 2 aromatic heterocycles. The Balaban J connectivity index is 2.28. The number of rotatable bonds is 2. The molecule has 6 heteroatoms. The van der Waals surface area contributed by atoms with Crippen molar-refractivity contribution in [3.8, 4) is 0 Å². The second kappa shape index (κ2) is 5.14. The summed E-state index contributed by atoms with van der Waals surface area (Å²) in [6.07, 6.45) is 4.80. The largest absolute Gasteiger partial charge is 0.383 e. The van der Waals surface area contributed by atoms with Crippen LogP contribution in [0.25, 0.3) is 0 Å². The molecule has 0 saturated heterocycles. The lowest BCUT2D eigenvalue weighted by molar-refractivity contribution is 0.102. The minimum Gasteiger partial charge on any atom is -0.383 e. The number of halogens is 1. The first-order valence-electron chi connectivity index (χ1n) is 5.21. The number of amides is 1. The van der Waals surface area contributed by atoms with E-state index in [4.69, 9.17) is 5.73 Å². The Morgan fingerprint density at radius 3 is 2.94 bits per heavy atom. The van der Waals surface area contributed by atoms with Gasteiger partial charge in [0.2, 0.25) is 0 Å². The van der Waals surface area contributed by atoms with Gasteiger partial charge in [-0.15, -0.1) is 0 Å². The highest BCUT2D eigenvalue weighted by molar-refractivity contribution is 9.10. The monoisotopic (exact) mass is 306 g/mol. The Morgan fingerprint density at radius 1 is 1.44 bits per heavy atom. The molecule has 92 valence electrons. The first kappa shape index (κ1) is 12.5. The van der Waals surface area contributed by atoms with Gasteiger partial charge < -0.3 is 11.1 Å². The zero-order valence-corrected chi connectivity index (χ0v) is 11.2. The van der Waals surface area contributed by atoms with Gasteiger partial charge in [0.15, 0.2) is 0 Å². The summed E-state index contributed by atoms with van der Waals surface area (Å²) in [5.74, 6) is -0.116. The van der Waals surface area contributed by atoms with Crippen molar-refractivity contribution < 1.29 is 4.79 Å². The SMILES string of the molecule is Cc1ccncc1NC(=O)c1cc(Br)cnc1N. The van der Waals surface area contributed by atoms with E-state index in [2.05, 4.69) is 31.2 Å². The molecule has 0 aliphatic rings. The predicted molar refractivity (Wildman–Crippen MR) is 73.3 cm³/mol. The predicted octanol–water partition coefficient (Wildman–Crippen LogP) is 2.38. The van der Waals surface area contributed by atoms with Gasteiger partial charge in [-0.1, -0.05) is 0 Å². The number of nitrogen functional groups attached to an aromatic ring is 1. The van der Waals surface area contributed by atoms with E-state index >= 15 is 0 Å². The van der Waals surface area contributed by atoms with Gasteiger partial charge in [0.25, 0.3) is 5.91 Å². The number of hydrogen-bond acceptors (Lipinski definition) is 4. The summed E-state index contributed by atoms with van der Waals surface area (Å²) >= 11 is 3.25. The van der Waals surface area contributed by atoms with Crippen molar-refractivity contribution in [1.29, 1.82) is 0 Å². The molecule has 0 radical (unpaired) electrons. The van der Waals surface area contributed by atoms with Gasteiger partial charge in [-0.05, 0) is 40.5 Å². The lowest BCUT2D eigenvalue weighted by Crippen LogP contribution is -2.15. The van der Waals surface area contributed by atoms with Gasteiger partial charge in [0.05, 0.1) is 17.4 Å². The Labute approximate surface area is 113 Å². The minimum absolute atomic E-state index is 0.192. The molecule has 0 atom stereocenters. The molecule has 0 spiro atoms. The van der Waals surface area contributed by atoms with Crippen molar-refractivity contribution in [3.05, 3.63) is 46.3 Å². The van der Waals surface area contributed by atoms with Crippen molar-refractivity contribution in [2.24, 2.45) is 0 Å². The molecule has 0 unspecified atom stereocenters. The molecule has 0 aromatic carbocycles. The van der Waals surface area contributed by atoms with E-state index in [-0.39, 0.29) is 11.7 Å². The summed E-state index contributed by atoms with van der Waals surface area (Å²) in [7, 11) is 0. The topological polar surface area (TPSA) is 80.9 Å². The standard InChI is InChI=1S/C12H11BrN4O/c1-7-2-3-15-6-10(7)17-12(18)9-4-8(13)5-16-11(9)14/h2-6H,1H3,(H2,14,16)(H,17,18). The van der Waals surface area contributed by atoms with Crippen LogP contribution in [0.15, 0.2) is 35.2 Å². The molecule has 2 heterocycles. The zero-order chi connectivity index (χ0) is 13.1. The minimum atomic E-state index is -0.308. The van der Waals surface area contributed by atoms with Crippen molar-refractivity contribution in [1.82, 2.24) is 9.97 Å². The fourth-order valence-electron chi connectivity index (χ4n) is 1.42. The fourth-order valence-corrected chi connectivity index (χ4v) is 1.75. The Bertz CT molecular complexity index is 600. The van der Waals surface area contributed by atoms with Crippen LogP contribution < -0.4 is 11.1 Å². The van der Waals surface area contributed by atoms with Crippen LogP contribution >= 0.6 is 15.9 Å². The zero-order valence-electron chi connectivity index (χ0n) is 9.64. The second-order valence-electron chi connectivity index (χ2n) is 3.73. The van der Waals surface area contributed by atoms with E-state index < -0.39 is 0 Å². The van der Waals surface area contributed by atoms with Gasteiger partial charge in [0, 0.05) is 16.9 Å². The van der Waals surface area contributed by atoms with Crippen LogP contribution in [0.3, 0.4) is 0 Å². The lowest BCUT2D eigenvalue weighted by Gasteiger charge is -2.08. The third kappa shape index (κ3) is 2.65. The number of carbonyl (C=O) groups excluding carboxylic acids is 1. The van der Waals surface area contributed by atoms with E-state index in [1.165, 1.54) is 0 Å². The smallest absolute Gasteiger partial charge is 0.259 e. The summed E-state index contributed by atoms with van der Waals surface area (Å²) < 4.78 is 0.699. The average molecular weight is 307 g/mol. The van der Waals surface area contributed by atoms with Crippen LogP contribution in [0.1, 0.15) is 15.9 Å². The molecule has 0 aliphatic carbocycles. The van der Waals surface area contributed by atoms with Crippen LogP contribution in [0, 0.1) is 6.92 Å². The maximum atomic E-state index is 12.1. The third-order valence-electron chi connectivity index (χ3n) is 2.42. The van der Waals surface area contributed by atoms with Crippen LogP contribution in [0.2, 0.25) is 0 Å². The Hall–Kier alpha value is -1.95. The van der Waals surface area contributed by atoms with Gasteiger partial charge in [0.1, 0.15) is 5.82 Å². The first-order chi connectivity index (χ1) is 8.58. The number of aromatic nitrogens is 2. The highest BCUT2D eigenvalue weighted by atomic mass is 79.9. The molecular formula is C12H11BrN4O. The number of nitrogens with zero attached hydrogens (tertiary/aromatic N) is 2. The van der Waals surface area contributed by atoms with Gasteiger partial charge in [-0.3, -0.25) is 9.78 Å². The van der Waals surface area contributed by atoms with E-state index in [0.29, 0.717) is 15.7 Å². The normalized spacial score (nSPS) is 10.1. The Morgan fingerprint density at radius 2 is 2.22 bits per heavy atom. The molecule has 5 nitrogen and oxygen atoms in total. The van der Waals surface area contributed by atoms with Crippen molar-refractivity contribution in [3.63, 3.8) is 0 Å². The Kier molecular flexibility index (Phi) is 3.57. The molecular weight excluding hydrogens is 296 g/mol. The first-order valence-corrected chi connectivity index (χ1v) is 6.00. The number of aryl methyl sites for hydroxylation is 1. The summed E-state index contributed by atoms with van der Waals surface area (Å²) in [6.45, 7) is 1.89. The lowest BCUT2D eigenvalue weighted by atomic mass is 10.2. The van der Waals surface area contributed by atoms with Crippen molar-refractivity contribution in [2.45, 2.75) is 6.92 Å². The molecule has 0 fully saturated rings. The van der Waals surface area contributed by atoms with Crippen molar-refractivity contribution >= 4 is 33.3 Å².